The summed E-state index contributed by atoms with van der Waals surface area (Å²) in [5.74, 6) is -0.117. The smallest absolute Gasteiger partial charge is 0.253 e. The van der Waals surface area contributed by atoms with E-state index in [1.54, 1.807) is 0 Å². The summed E-state index contributed by atoms with van der Waals surface area (Å²) in [4.78, 5) is 22.1. The Labute approximate surface area is 163 Å². The second-order valence-corrected chi connectivity index (χ2v) is 7.15. The third-order valence-corrected chi connectivity index (χ3v) is 4.83. The molecule has 0 spiro atoms. The van der Waals surface area contributed by atoms with Gasteiger partial charge in [0.05, 0.1) is 6.10 Å². The number of aromatic nitrogens is 2. The molecular weight excluding hydrogens is 372 g/mol. The zero-order valence-corrected chi connectivity index (χ0v) is 16.4. The average molecular weight is 395 g/mol. The van der Waals surface area contributed by atoms with Crippen molar-refractivity contribution < 1.29 is 9.53 Å². The lowest BCUT2D eigenvalue weighted by atomic mass is 10.2. The Bertz CT molecular complexity index is 737. The minimum Gasteiger partial charge on any atom is -0.364 e. The number of nitrogens with two attached hydrogens (primary N) is 1. The number of aryl methyl sites for hydroxylation is 2. The van der Waals surface area contributed by atoms with Crippen LogP contribution >= 0.6 is 24.2 Å². The van der Waals surface area contributed by atoms with Gasteiger partial charge in [-0.2, -0.15) is 0 Å². The number of carbonyl (C=O) groups excluding carboxylic acids is 1. The molecule has 1 fully saturated rings. The van der Waals surface area contributed by atoms with Crippen molar-refractivity contribution in [3.8, 4) is 0 Å². The van der Waals surface area contributed by atoms with Crippen LogP contribution in [0.15, 0.2) is 40.4 Å². The molecule has 3 N–H and O–H groups in total. The molecular formula is C18H23ClN4O2S. The van der Waals surface area contributed by atoms with Crippen LogP contribution < -0.4 is 11.1 Å². The monoisotopic (exact) mass is 394 g/mol. The maximum atomic E-state index is 12.2. The summed E-state index contributed by atoms with van der Waals surface area (Å²) in [6.45, 7) is 4.37. The molecule has 0 unspecified atom stereocenters. The van der Waals surface area contributed by atoms with Crippen LogP contribution in [0.4, 0.5) is 5.69 Å². The zero-order chi connectivity index (χ0) is 17.8. The predicted octanol–water partition coefficient (Wildman–Crippen LogP) is 3.11. The molecule has 2 heterocycles. The summed E-state index contributed by atoms with van der Waals surface area (Å²) < 4.78 is 5.61. The number of anilines is 1. The number of benzene rings is 1. The van der Waals surface area contributed by atoms with Gasteiger partial charge in [0, 0.05) is 28.5 Å². The first-order chi connectivity index (χ1) is 12.0. The van der Waals surface area contributed by atoms with Crippen LogP contribution in [0.5, 0.6) is 0 Å². The van der Waals surface area contributed by atoms with Gasteiger partial charge in [0.2, 0.25) is 0 Å². The van der Waals surface area contributed by atoms with E-state index in [4.69, 9.17) is 10.5 Å². The van der Waals surface area contributed by atoms with Gasteiger partial charge in [-0.3, -0.25) is 4.79 Å². The fourth-order valence-corrected chi connectivity index (χ4v) is 3.61. The lowest BCUT2D eigenvalue weighted by Crippen LogP contribution is -2.29. The Kier molecular flexibility index (Phi) is 7.40. The SMILES string of the molecule is Cc1cc(C)nc(Sc2ccc(NC(=O)[C@@H]3CC[C@H](CN)O3)cc2)n1.Cl. The van der Waals surface area contributed by atoms with E-state index < -0.39 is 6.10 Å². The molecule has 1 aliphatic heterocycles. The van der Waals surface area contributed by atoms with Gasteiger partial charge in [-0.05, 0) is 68.8 Å². The van der Waals surface area contributed by atoms with E-state index in [1.807, 2.05) is 44.2 Å². The molecule has 1 aromatic carbocycles. The molecule has 8 heteroatoms. The molecule has 0 saturated carbocycles. The van der Waals surface area contributed by atoms with Crippen molar-refractivity contribution in [3.05, 3.63) is 41.7 Å². The van der Waals surface area contributed by atoms with Crippen molar-refractivity contribution >= 4 is 35.8 Å². The molecule has 26 heavy (non-hydrogen) atoms. The van der Waals surface area contributed by atoms with E-state index >= 15 is 0 Å². The van der Waals surface area contributed by atoms with E-state index in [-0.39, 0.29) is 24.4 Å². The highest BCUT2D eigenvalue weighted by Gasteiger charge is 2.29. The second kappa shape index (κ2) is 9.32. The van der Waals surface area contributed by atoms with Crippen molar-refractivity contribution in [1.29, 1.82) is 0 Å². The summed E-state index contributed by atoms with van der Waals surface area (Å²) in [6.07, 6.45) is 1.13. The summed E-state index contributed by atoms with van der Waals surface area (Å²) in [5, 5.41) is 3.62. The maximum absolute atomic E-state index is 12.2. The predicted molar refractivity (Wildman–Crippen MR) is 105 cm³/mol. The van der Waals surface area contributed by atoms with Gasteiger partial charge < -0.3 is 15.8 Å². The summed E-state index contributed by atoms with van der Waals surface area (Å²) >= 11 is 1.50. The summed E-state index contributed by atoms with van der Waals surface area (Å²) in [6, 6.07) is 9.58. The van der Waals surface area contributed by atoms with E-state index in [9.17, 15) is 4.79 Å². The van der Waals surface area contributed by atoms with E-state index in [1.165, 1.54) is 11.8 Å². The second-order valence-electron chi connectivity index (χ2n) is 6.11. The average Bonchev–Trinajstić information content (AvgIpc) is 3.05. The third kappa shape index (κ3) is 5.41. The first kappa shape index (κ1) is 20.6. The Balaban J connectivity index is 0.00000243. The number of ether oxygens (including phenoxy) is 1. The van der Waals surface area contributed by atoms with Crippen LogP contribution in [0.25, 0.3) is 0 Å². The lowest BCUT2D eigenvalue weighted by molar-refractivity contribution is -0.126. The topological polar surface area (TPSA) is 90.1 Å². The molecule has 1 amide bonds. The highest BCUT2D eigenvalue weighted by molar-refractivity contribution is 7.99. The number of halogens is 1. The normalized spacial score (nSPS) is 19.0. The van der Waals surface area contributed by atoms with Gasteiger partial charge in [0.1, 0.15) is 6.10 Å². The molecule has 2 atom stereocenters. The van der Waals surface area contributed by atoms with Crippen molar-refractivity contribution in [2.24, 2.45) is 5.73 Å². The van der Waals surface area contributed by atoms with Crippen LogP contribution in [-0.2, 0) is 9.53 Å². The van der Waals surface area contributed by atoms with Gasteiger partial charge in [-0.25, -0.2) is 9.97 Å². The minimum atomic E-state index is -0.411. The van der Waals surface area contributed by atoms with Crippen LogP contribution in [0.2, 0.25) is 0 Å². The molecule has 0 bridgehead atoms. The largest absolute Gasteiger partial charge is 0.364 e. The molecule has 1 aromatic heterocycles. The van der Waals surface area contributed by atoms with Crippen LogP contribution in [0.1, 0.15) is 24.2 Å². The third-order valence-electron chi connectivity index (χ3n) is 3.96. The fourth-order valence-electron chi connectivity index (χ4n) is 2.75. The van der Waals surface area contributed by atoms with Crippen molar-refractivity contribution in [1.82, 2.24) is 9.97 Å². The van der Waals surface area contributed by atoms with Gasteiger partial charge >= 0.3 is 0 Å². The molecule has 1 saturated heterocycles. The number of amides is 1. The number of nitrogens with zero attached hydrogens (tertiary/aromatic N) is 2. The Morgan fingerprint density at radius 1 is 1.23 bits per heavy atom. The first-order valence-corrected chi connectivity index (χ1v) is 9.12. The molecule has 0 radical (unpaired) electrons. The molecule has 140 valence electrons. The summed E-state index contributed by atoms with van der Waals surface area (Å²) in [5.41, 5.74) is 8.22. The number of rotatable bonds is 5. The van der Waals surface area contributed by atoms with Gasteiger partial charge in [-0.1, -0.05) is 0 Å². The summed E-state index contributed by atoms with van der Waals surface area (Å²) in [7, 11) is 0. The zero-order valence-electron chi connectivity index (χ0n) is 14.8. The Hall–Kier alpha value is -1.67. The van der Waals surface area contributed by atoms with Crippen molar-refractivity contribution in [2.45, 2.75) is 48.9 Å². The standard InChI is InChI=1S/C18H22N4O2S.ClH/c1-11-9-12(2)21-18(20-11)25-15-6-3-13(4-7-15)22-17(23)16-8-5-14(10-19)24-16;/h3-4,6-7,9,14,16H,5,8,10,19H2,1-2H3,(H,22,23);1H/t14-,16+;/m1./s1. The number of nitrogens with one attached hydrogen (secondary N) is 1. The van der Waals surface area contributed by atoms with E-state index in [0.717, 1.165) is 33.5 Å². The number of carbonyl (C=O) groups is 1. The minimum absolute atomic E-state index is 0. The van der Waals surface area contributed by atoms with E-state index in [2.05, 4.69) is 15.3 Å². The molecule has 0 aliphatic carbocycles. The Morgan fingerprint density at radius 3 is 2.46 bits per heavy atom. The van der Waals surface area contributed by atoms with Crippen LogP contribution in [0.3, 0.4) is 0 Å². The number of hydrogen-bond donors (Lipinski definition) is 2. The number of hydrogen-bond acceptors (Lipinski definition) is 6. The van der Waals surface area contributed by atoms with Crippen molar-refractivity contribution in [3.63, 3.8) is 0 Å². The molecule has 6 nitrogen and oxygen atoms in total. The van der Waals surface area contributed by atoms with Gasteiger partial charge in [0.25, 0.3) is 5.91 Å². The van der Waals surface area contributed by atoms with Crippen LogP contribution in [-0.4, -0.2) is 34.6 Å². The van der Waals surface area contributed by atoms with Gasteiger partial charge in [0.15, 0.2) is 5.16 Å². The molecule has 2 aromatic rings. The fraction of sp³-hybridized carbons (Fsp3) is 0.389. The highest BCUT2D eigenvalue weighted by Crippen LogP contribution is 2.27. The van der Waals surface area contributed by atoms with Gasteiger partial charge in [-0.15, -0.1) is 12.4 Å². The quantitative estimate of drug-likeness (QED) is 0.757. The lowest BCUT2D eigenvalue weighted by Gasteiger charge is -2.13. The first-order valence-electron chi connectivity index (χ1n) is 8.30. The highest BCUT2D eigenvalue weighted by atomic mass is 35.5. The molecule has 1 aliphatic rings. The van der Waals surface area contributed by atoms with E-state index in [0.29, 0.717) is 13.0 Å². The van der Waals surface area contributed by atoms with Crippen molar-refractivity contribution in [2.75, 3.05) is 11.9 Å². The van der Waals surface area contributed by atoms with Crippen LogP contribution in [0, 0.1) is 13.8 Å². The Morgan fingerprint density at radius 2 is 1.88 bits per heavy atom. The maximum Gasteiger partial charge on any atom is 0.253 e. The molecule has 3 rings (SSSR count).